The van der Waals surface area contributed by atoms with E-state index in [1.54, 1.807) is 6.92 Å². The number of aliphatic hydroxyl groups excluding tert-OH is 3. The van der Waals surface area contributed by atoms with Crippen molar-refractivity contribution in [2.75, 3.05) is 0 Å². The minimum absolute atomic E-state index is 0.00668. The minimum atomic E-state index is -0.629. The van der Waals surface area contributed by atoms with Crippen LogP contribution >= 0.6 is 0 Å². The fourth-order valence-corrected chi connectivity index (χ4v) is 6.94. The van der Waals surface area contributed by atoms with E-state index < -0.39 is 23.7 Å². The molecule has 2 saturated carbocycles. The summed E-state index contributed by atoms with van der Waals surface area (Å²) in [6.07, 6.45) is 5.95. The van der Waals surface area contributed by atoms with Crippen LogP contribution in [0, 0.1) is 28.6 Å². The smallest absolute Gasteiger partial charge is 0.156 e. The lowest BCUT2D eigenvalue weighted by Crippen LogP contribution is -2.60. The highest BCUT2D eigenvalue weighted by Crippen LogP contribution is 2.64. The zero-order valence-electron chi connectivity index (χ0n) is 15.4. The maximum absolute atomic E-state index is 12.1. The number of Topliss-reactive ketones (excluding diaryl/α,β-unsaturated/α-hetero) is 1. The first-order valence-corrected chi connectivity index (χ1v) is 9.65. The standard InChI is InChI=1S/C21H30O4/c1-11(22)15-6-7-16-14-5-4-12-8-13(23)9-18(25)21(12,3)19(14)17(24)10-20(15,16)2/h4,6,13-14,16-19,23-25H,5,7-10H2,1-3H3/t13-,14+,16+,17-,18-,19-,20-,21-/m1/s1. The number of aliphatic hydroxyl groups is 3. The Morgan fingerprint density at radius 2 is 1.88 bits per heavy atom. The molecule has 0 aromatic heterocycles. The Morgan fingerprint density at radius 3 is 2.56 bits per heavy atom. The number of rotatable bonds is 1. The Bertz CT molecular complexity index is 665. The average Bonchev–Trinajstić information content (AvgIpc) is 2.85. The zero-order valence-corrected chi connectivity index (χ0v) is 15.4. The van der Waals surface area contributed by atoms with Crippen LogP contribution in [0.25, 0.3) is 0 Å². The lowest BCUT2D eigenvalue weighted by molar-refractivity contribution is -0.148. The minimum Gasteiger partial charge on any atom is -0.393 e. The highest BCUT2D eigenvalue weighted by atomic mass is 16.3. The van der Waals surface area contributed by atoms with E-state index in [4.69, 9.17) is 0 Å². The van der Waals surface area contributed by atoms with Crippen molar-refractivity contribution in [3.8, 4) is 0 Å². The van der Waals surface area contributed by atoms with Crippen LogP contribution in [0.1, 0.15) is 52.9 Å². The highest BCUT2D eigenvalue weighted by molar-refractivity contribution is 5.95. The highest BCUT2D eigenvalue weighted by Gasteiger charge is 2.62. The van der Waals surface area contributed by atoms with Crippen LogP contribution in [0.3, 0.4) is 0 Å². The van der Waals surface area contributed by atoms with Gasteiger partial charge in [0.15, 0.2) is 5.78 Å². The molecule has 4 heteroatoms. The molecule has 138 valence electrons. The molecule has 4 aliphatic rings. The van der Waals surface area contributed by atoms with Crippen molar-refractivity contribution >= 4 is 5.78 Å². The van der Waals surface area contributed by atoms with Gasteiger partial charge in [-0.05, 0) is 55.9 Å². The molecule has 25 heavy (non-hydrogen) atoms. The lowest BCUT2D eigenvalue weighted by Gasteiger charge is -2.60. The summed E-state index contributed by atoms with van der Waals surface area (Å²) in [4.78, 5) is 12.1. The molecule has 4 nitrogen and oxygen atoms in total. The van der Waals surface area contributed by atoms with Gasteiger partial charge < -0.3 is 15.3 Å². The summed E-state index contributed by atoms with van der Waals surface area (Å²) in [6, 6.07) is 0. The summed E-state index contributed by atoms with van der Waals surface area (Å²) in [5.74, 6) is 0.719. The average molecular weight is 346 g/mol. The zero-order chi connectivity index (χ0) is 18.1. The van der Waals surface area contributed by atoms with Crippen LogP contribution in [-0.4, -0.2) is 39.4 Å². The summed E-state index contributed by atoms with van der Waals surface area (Å²) in [6.45, 7) is 5.84. The summed E-state index contributed by atoms with van der Waals surface area (Å²) in [5, 5.41) is 32.1. The van der Waals surface area contributed by atoms with Crippen LogP contribution in [-0.2, 0) is 4.79 Å². The Morgan fingerprint density at radius 1 is 1.16 bits per heavy atom. The van der Waals surface area contributed by atoms with Gasteiger partial charge in [-0.25, -0.2) is 0 Å². The number of carbonyl (C=O) groups is 1. The second-order valence-electron chi connectivity index (χ2n) is 9.25. The maximum Gasteiger partial charge on any atom is 0.156 e. The van der Waals surface area contributed by atoms with Gasteiger partial charge in [0, 0.05) is 17.3 Å². The van der Waals surface area contributed by atoms with Crippen molar-refractivity contribution in [1.29, 1.82) is 0 Å². The fraction of sp³-hybridized carbons (Fsp3) is 0.762. The fourth-order valence-electron chi connectivity index (χ4n) is 6.94. The second kappa shape index (κ2) is 5.51. The topological polar surface area (TPSA) is 77.8 Å². The third kappa shape index (κ3) is 2.20. The van der Waals surface area contributed by atoms with Crippen molar-refractivity contribution in [1.82, 2.24) is 0 Å². The normalized spacial score (nSPS) is 51.8. The first-order valence-electron chi connectivity index (χ1n) is 9.65. The van der Waals surface area contributed by atoms with Crippen LogP contribution < -0.4 is 0 Å². The van der Waals surface area contributed by atoms with Crippen molar-refractivity contribution in [2.24, 2.45) is 28.6 Å². The van der Waals surface area contributed by atoms with Gasteiger partial charge in [-0.1, -0.05) is 31.6 Å². The van der Waals surface area contributed by atoms with Crippen molar-refractivity contribution in [2.45, 2.75) is 71.2 Å². The van der Waals surface area contributed by atoms with Crippen LogP contribution in [0.4, 0.5) is 0 Å². The molecular weight excluding hydrogens is 316 g/mol. The van der Waals surface area contributed by atoms with E-state index in [0.717, 1.165) is 24.0 Å². The van der Waals surface area contributed by atoms with Crippen molar-refractivity contribution in [3.05, 3.63) is 23.3 Å². The number of carbonyl (C=O) groups excluding carboxylic acids is 1. The van der Waals surface area contributed by atoms with Gasteiger partial charge in [0.2, 0.25) is 0 Å². The lowest BCUT2D eigenvalue weighted by atomic mass is 9.46. The van der Waals surface area contributed by atoms with Crippen LogP contribution in [0.5, 0.6) is 0 Å². The summed E-state index contributed by atoms with van der Waals surface area (Å²) >= 11 is 0. The van der Waals surface area contributed by atoms with Crippen molar-refractivity contribution in [3.63, 3.8) is 0 Å². The molecular formula is C21H30O4. The first-order chi connectivity index (χ1) is 11.7. The van der Waals surface area contributed by atoms with Gasteiger partial charge >= 0.3 is 0 Å². The molecule has 4 aliphatic carbocycles. The molecule has 0 aliphatic heterocycles. The molecule has 0 unspecified atom stereocenters. The van der Waals surface area contributed by atoms with Gasteiger partial charge in [0.25, 0.3) is 0 Å². The molecule has 0 amide bonds. The molecule has 8 atom stereocenters. The quantitative estimate of drug-likeness (QED) is 0.637. The molecule has 0 radical (unpaired) electrons. The Labute approximate surface area is 149 Å². The van der Waals surface area contributed by atoms with E-state index in [1.165, 1.54) is 0 Å². The number of ketones is 1. The third-order valence-electron chi connectivity index (χ3n) is 8.08. The predicted octanol–water partition coefficient (Wildman–Crippen LogP) is 2.38. The molecule has 0 aromatic carbocycles. The van der Waals surface area contributed by atoms with Gasteiger partial charge in [-0.15, -0.1) is 0 Å². The molecule has 0 bridgehead atoms. The Kier molecular flexibility index (Phi) is 3.85. The van der Waals surface area contributed by atoms with E-state index in [-0.39, 0.29) is 23.0 Å². The molecule has 0 spiro atoms. The predicted molar refractivity (Wildman–Crippen MR) is 94.6 cm³/mol. The van der Waals surface area contributed by atoms with E-state index >= 15 is 0 Å². The molecule has 3 N–H and O–H groups in total. The van der Waals surface area contributed by atoms with Crippen LogP contribution in [0.15, 0.2) is 23.3 Å². The molecule has 0 aromatic rings. The summed E-state index contributed by atoms with van der Waals surface area (Å²) in [7, 11) is 0. The van der Waals surface area contributed by atoms with Crippen molar-refractivity contribution < 1.29 is 20.1 Å². The Hall–Kier alpha value is -0.970. The van der Waals surface area contributed by atoms with E-state index in [0.29, 0.717) is 25.2 Å². The molecule has 0 saturated heterocycles. The first kappa shape index (κ1) is 17.4. The number of allylic oxidation sites excluding steroid dienone is 3. The monoisotopic (exact) mass is 346 g/mol. The van der Waals surface area contributed by atoms with Crippen LogP contribution in [0.2, 0.25) is 0 Å². The third-order valence-corrected chi connectivity index (χ3v) is 8.08. The number of hydrogen-bond donors (Lipinski definition) is 3. The largest absolute Gasteiger partial charge is 0.393 e. The number of hydrogen-bond acceptors (Lipinski definition) is 4. The van der Waals surface area contributed by atoms with E-state index in [1.807, 2.05) is 0 Å². The van der Waals surface area contributed by atoms with Gasteiger partial charge in [0.1, 0.15) is 0 Å². The van der Waals surface area contributed by atoms with Gasteiger partial charge in [-0.3, -0.25) is 4.79 Å². The molecule has 0 heterocycles. The summed E-state index contributed by atoms with van der Waals surface area (Å²) < 4.78 is 0. The number of fused-ring (bicyclic) bond motifs is 5. The van der Waals surface area contributed by atoms with Gasteiger partial charge in [-0.2, -0.15) is 0 Å². The molecule has 4 rings (SSSR count). The second-order valence-corrected chi connectivity index (χ2v) is 9.25. The van der Waals surface area contributed by atoms with E-state index in [2.05, 4.69) is 26.0 Å². The SMILES string of the molecule is CC(=O)C1=CC[C@H]2[C@@H]3CC=C4C[C@@H](O)C[C@@H](O)[C@]4(C)[C@H]3[C@H](O)C[C@]12C. The van der Waals surface area contributed by atoms with E-state index in [9.17, 15) is 20.1 Å². The van der Waals surface area contributed by atoms with Gasteiger partial charge in [0.05, 0.1) is 18.3 Å². The Balaban J connectivity index is 1.75. The molecule has 2 fully saturated rings. The maximum atomic E-state index is 12.1. The summed E-state index contributed by atoms with van der Waals surface area (Å²) in [5.41, 5.74) is 1.27.